The summed E-state index contributed by atoms with van der Waals surface area (Å²) in [4.78, 5) is 28.8. The SMILES string of the molecule is Cc1[nH]c2ccccc2c1C(=O)[C@H](C)Oc1ccc(C(=O)c2ccccc2)cc1. The van der Waals surface area contributed by atoms with Gasteiger partial charge in [-0.2, -0.15) is 0 Å². The topological polar surface area (TPSA) is 59.2 Å². The Kier molecular flexibility index (Phi) is 5.00. The van der Waals surface area contributed by atoms with Gasteiger partial charge in [-0.3, -0.25) is 9.59 Å². The first kappa shape index (κ1) is 18.7. The fourth-order valence-corrected chi connectivity index (χ4v) is 3.50. The molecule has 1 aromatic heterocycles. The third kappa shape index (κ3) is 3.69. The van der Waals surface area contributed by atoms with Gasteiger partial charge in [0.05, 0.1) is 0 Å². The van der Waals surface area contributed by atoms with Crippen LogP contribution in [0.25, 0.3) is 10.9 Å². The van der Waals surface area contributed by atoms with Crippen molar-refractivity contribution in [2.75, 3.05) is 0 Å². The van der Waals surface area contributed by atoms with Crippen molar-refractivity contribution in [3.63, 3.8) is 0 Å². The molecule has 4 heteroatoms. The zero-order valence-corrected chi connectivity index (χ0v) is 16.3. The number of carbonyl (C=O) groups excluding carboxylic acids is 2. The summed E-state index contributed by atoms with van der Waals surface area (Å²) >= 11 is 0. The van der Waals surface area contributed by atoms with Crippen LogP contribution < -0.4 is 4.74 Å². The highest BCUT2D eigenvalue weighted by Gasteiger charge is 2.23. The van der Waals surface area contributed by atoms with E-state index in [0.717, 1.165) is 16.6 Å². The second-order valence-electron chi connectivity index (χ2n) is 7.01. The number of aromatic nitrogens is 1. The fourth-order valence-electron chi connectivity index (χ4n) is 3.50. The maximum absolute atomic E-state index is 13.0. The Morgan fingerprint density at radius 1 is 0.828 bits per heavy atom. The molecule has 3 aromatic carbocycles. The van der Waals surface area contributed by atoms with Crippen molar-refractivity contribution in [3.05, 3.63) is 101 Å². The second kappa shape index (κ2) is 7.76. The summed E-state index contributed by atoms with van der Waals surface area (Å²) in [6.07, 6.45) is -0.649. The second-order valence-corrected chi connectivity index (χ2v) is 7.01. The van der Waals surface area contributed by atoms with Crippen LogP contribution in [0.15, 0.2) is 78.9 Å². The van der Waals surface area contributed by atoms with Gasteiger partial charge in [-0.05, 0) is 44.2 Å². The molecule has 4 nitrogen and oxygen atoms in total. The molecule has 29 heavy (non-hydrogen) atoms. The molecular formula is C25H21NO3. The zero-order valence-electron chi connectivity index (χ0n) is 16.3. The number of aryl methyl sites for hydroxylation is 1. The van der Waals surface area contributed by atoms with Crippen molar-refractivity contribution in [1.29, 1.82) is 0 Å². The van der Waals surface area contributed by atoms with E-state index in [4.69, 9.17) is 4.74 Å². The first-order valence-electron chi connectivity index (χ1n) is 9.52. The van der Waals surface area contributed by atoms with E-state index in [2.05, 4.69) is 4.98 Å². The highest BCUT2D eigenvalue weighted by atomic mass is 16.5. The van der Waals surface area contributed by atoms with Crippen molar-refractivity contribution in [2.24, 2.45) is 0 Å². The number of Topliss-reactive ketones (excluding diaryl/α,β-unsaturated/α-hetero) is 1. The number of hydrogen-bond donors (Lipinski definition) is 1. The highest BCUT2D eigenvalue weighted by molar-refractivity contribution is 6.11. The van der Waals surface area contributed by atoms with Crippen molar-refractivity contribution in [2.45, 2.75) is 20.0 Å². The number of ether oxygens (including phenoxy) is 1. The van der Waals surface area contributed by atoms with Gasteiger partial charge >= 0.3 is 0 Å². The lowest BCUT2D eigenvalue weighted by Gasteiger charge is -2.14. The van der Waals surface area contributed by atoms with E-state index in [-0.39, 0.29) is 11.6 Å². The molecule has 0 aliphatic carbocycles. The molecule has 4 rings (SSSR count). The summed E-state index contributed by atoms with van der Waals surface area (Å²) in [7, 11) is 0. The molecule has 0 unspecified atom stereocenters. The number of para-hydroxylation sites is 1. The smallest absolute Gasteiger partial charge is 0.205 e. The van der Waals surface area contributed by atoms with E-state index in [0.29, 0.717) is 22.4 Å². The zero-order chi connectivity index (χ0) is 20.4. The predicted octanol–water partition coefficient (Wildman–Crippen LogP) is 5.36. The average Bonchev–Trinajstić information content (AvgIpc) is 3.09. The van der Waals surface area contributed by atoms with Gasteiger partial charge in [0.25, 0.3) is 0 Å². The molecule has 144 valence electrons. The molecule has 0 saturated heterocycles. The summed E-state index contributed by atoms with van der Waals surface area (Å²) in [6, 6.07) is 23.8. The Hall–Kier alpha value is -3.66. The predicted molar refractivity (Wildman–Crippen MR) is 114 cm³/mol. The van der Waals surface area contributed by atoms with Crippen LogP contribution in [0, 0.1) is 6.92 Å². The van der Waals surface area contributed by atoms with Gasteiger partial charge in [0.1, 0.15) is 5.75 Å². The van der Waals surface area contributed by atoms with Crippen molar-refractivity contribution in [1.82, 2.24) is 4.98 Å². The molecule has 0 aliphatic rings. The molecule has 0 saturated carbocycles. The Morgan fingerprint density at radius 3 is 2.17 bits per heavy atom. The van der Waals surface area contributed by atoms with Gasteiger partial charge < -0.3 is 9.72 Å². The Bertz CT molecular complexity index is 1170. The minimum Gasteiger partial charge on any atom is -0.483 e. The molecule has 0 radical (unpaired) electrons. The van der Waals surface area contributed by atoms with E-state index < -0.39 is 6.10 Å². The molecule has 4 aromatic rings. The summed E-state index contributed by atoms with van der Waals surface area (Å²) in [5.41, 5.74) is 3.64. The molecule has 1 heterocycles. The maximum atomic E-state index is 13.0. The van der Waals surface area contributed by atoms with Gasteiger partial charge in [-0.15, -0.1) is 0 Å². The molecule has 1 N–H and O–H groups in total. The number of carbonyl (C=O) groups is 2. The summed E-state index contributed by atoms with van der Waals surface area (Å²) in [6.45, 7) is 3.64. The number of aromatic amines is 1. The standard InChI is InChI=1S/C25H21NO3/c1-16-23(21-10-6-7-11-22(21)26-16)24(27)17(2)29-20-14-12-19(13-15-20)25(28)18-8-4-3-5-9-18/h3-15,17,26H,1-2H3/t17-/m0/s1. The van der Waals surface area contributed by atoms with Crippen LogP contribution in [0.4, 0.5) is 0 Å². The third-order valence-corrected chi connectivity index (χ3v) is 4.97. The summed E-state index contributed by atoms with van der Waals surface area (Å²) in [5, 5.41) is 0.897. The molecule has 0 spiro atoms. The lowest BCUT2D eigenvalue weighted by molar-refractivity contribution is 0.0819. The van der Waals surface area contributed by atoms with Crippen molar-refractivity contribution < 1.29 is 14.3 Å². The van der Waals surface area contributed by atoms with E-state index in [1.807, 2.05) is 49.4 Å². The average molecular weight is 383 g/mol. The normalized spacial score (nSPS) is 11.9. The van der Waals surface area contributed by atoms with Crippen LogP contribution in [0.3, 0.4) is 0 Å². The van der Waals surface area contributed by atoms with E-state index >= 15 is 0 Å². The number of rotatable bonds is 6. The lowest BCUT2D eigenvalue weighted by Crippen LogP contribution is -2.24. The monoisotopic (exact) mass is 383 g/mol. The lowest BCUT2D eigenvalue weighted by atomic mass is 10.0. The van der Waals surface area contributed by atoms with Gasteiger partial charge in [-0.1, -0.05) is 48.5 Å². The number of benzene rings is 3. The fraction of sp³-hybridized carbons (Fsp3) is 0.120. The molecule has 1 atom stereocenters. The Labute approximate surface area is 169 Å². The van der Waals surface area contributed by atoms with Crippen LogP contribution in [-0.2, 0) is 0 Å². The molecule has 0 amide bonds. The largest absolute Gasteiger partial charge is 0.483 e. The van der Waals surface area contributed by atoms with E-state index in [9.17, 15) is 9.59 Å². The maximum Gasteiger partial charge on any atom is 0.205 e. The third-order valence-electron chi connectivity index (χ3n) is 4.97. The number of fused-ring (bicyclic) bond motifs is 1. The van der Waals surface area contributed by atoms with Crippen LogP contribution in [0.2, 0.25) is 0 Å². The van der Waals surface area contributed by atoms with Gasteiger partial charge in [0.15, 0.2) is 11.9 Å². The van der Waals surface area contributed by atoms with Crippen LogP contribution >= 0.6 is 0 Å². The van der Waals surface area contributed by atoms with Crippen molar-refractivity contribution >= 4 is 22.5 Å². The minimum absolute atomic E-state index is 0.0457. The Morgan fingerprint density at radius 2 is 1.45 bits per heavy atom. The first-order chi connectivity index (χ1) is 14.0. The van der Waals surface area contributed by atoms with Crippen LogP contribution in [-0.4, -0.2) is 22.7 Å². The highest BCUT2D eigenvalue weighted by Crippen LogP contribution is 2.25. The molecule has 0 fully saturated rings. The van der Waals surface area contributed by atoms with Gasteiger partial charge in [-0.25, -0.2) is 0 Å². The quantitative estimate of drug-likeness (QED) is 0.456. The summed E-state index contributed by atoms with van der Waals surface area (Å²) < 4.78 is 5.87. The number of nitrogens with one attached hydrogen (secondary N) is 1. The number of ketones is 2. The molecule has 0 aliphatic heterocycles. The Balaban J connectivity index is 1.51. The van der Waals surface area contributed by atoms with Gasteiger partial charge in [0, 0.05) is 33.3 Å². The minimum atomic E-state index is -0.649. The van der Waals surface area contributed by atoms with Crippen LogP contribution in [0.5, 0.6) is 5.75 Å². The molecular weight excluding hydrogens is 362 g/mol. The molecule has 0 bridgehead atoms. The summed E-state index contributed by atoms with van der Waals surface area (Å²) in [5.74, 6) is 0.424. The van der Waals surface area contributed by atoms with E-state index in [1.54, 1.807) is 43.3 Å². The van der Waals surface area contributed by atoms with Crippen molar-refractivity contribution in [3.8, 4) is 5.75 Å². The number of H-pyrrole nitrogens is 1. The number of hydrogen-bond acceptors (Lipinski definition) is 3. The first-order valence-corrected chi connectivity index (χ1v) is 9.52. The van der Waals surface area contributed by atoms with Gasteiger partial charge in [0.2, 0.25) is 5.78 Å². The van der Waals surface area contributed by atoms with E-state index in [1.165, 1.54) is 0 Å². The van der Waals surface area contributed by atoms with Crippen LogP contribution in [0.1, 0.15) is 38.9 Å².